The Morgan fingerprint density at radius 1 is 1.57 bits per heavy atom. The third-order valence-electron chi connectivity index (χ3n) is 3.07. The van der Waals surface area contributed by atoms with Crippen molar-refractivity contribution in [2.24, 2.45) is 10.9 Å². The summed E-state index contributed by atoms with van der Waals surface area (Å²) in [7, 11) is 0. The highest BCUT2D eigenvalue weighted by molar-refractivity contribution is 5.95. The summed E-state index contributed by atoms with van der Waals surface area (Å²) in [6.45, 7) is 5.19. The van der Waals surface area contributed by atoms with Crippen molar-refractivity contribution in [3.05, 3.63) is 29.6 Å². The molecule has 1 aromatic heterocycles. The molecule has 5 N–H and O–H groups in total. The summed E-state index contributed by atoms with van der Waals surface area (Å²) >= 11 is 0. The zero-order chi connectivity index (χ0) is 15.7. The van der Waals surface area contributed by atoms with Crippen LogP contribution in [0.1, 0.15) is 37.9 Å². The number of hydrogen-bond donors (Lipinski definition) is 4. The van der Waals surface area contributed by atoms with Crippen LogP contribution in [0, 0.1) is 0 Å². The molecule has 1 rings (SSSR count). The van der Waals surface area contributed by atoms with Crippen molar-refractivity contribution in [2.75, 3.05) is 6.54 Å². The molecule has 0 aliphatic carbocycles. The number of amidine groups is 1. The second-order valence-electron chi connectivity index (χ2n) is 4.84. The van der Waals surface area contributed by atoms with E-state index in [9.17, 15) is 4.79 Å². The van der Waals surface area contributed by atoms with Gasteiger partial charge in [0.25, 0.3) is 0 Å². The van der Waals surface area contributed by atoms with Gasteiger partial charge in [0.2, 0.25) is 5.91 Å². The molecule has 1 heterocycles. The second-order valence-corrected chi connectivity index (χ2v) is 4.84. The number of aromatic nitrogens is 1. The molecule has 0 aliphatic rings. The quantitative estimate of drug-likeness (QED) is 0.184. The number of nitrogens with zero attached hydrogens (tertiary/aromatic N) is 2. The van der Waals surface area contributed by atoms with Crippen LogP contribution in [-0.4, -0.2) is 34.5 Å². The number of nitrogens with two attached hydrogens (primary N) is 1. The minimum atomic E-state index is -0.0234. The Labute approximate surface area is 124 Å². The van der Waals surface area contributed by atoms with Crippen LogP contribution in [0.15, 0.2) is 23.5 Å². The Morgan fingerprint density at radius 3 is 3.00 bits per heavy atom. The minimum Gasteiger partial charge on any atom is -0.409 e. The SMILES string of the molecule is CCC(C)NC(=O)CCNCc1ccnc(C(N)=NO)c1. The fourth-order valence-electron chi connectivity index (χ4n) is 1.66. The predicted molar refractivity (Wildman–Crippen MR) is 81.0 cm³/mol. The lowest BCUT2D eigenvalue weighted by Gasteiger charge is -2.11. The summed E-state index contributed by atoms with van der Waals surface area (Å²) in [6, 6.07) is 3.78. The highest BCUT2D eigenvalue weighted by atomic mass is 16.4. The van der Waals surface area contributed by atoms with Gasteiger partial charge in [0.1, 0.15) is 5.69 Å². The summed E-state index contributed by atoms with van der Waals surface area (Å²) < 4.78 is 0. The highest BCUT2D eigenvalue weighted by Crippen LogP contribution is 2.01. The average molecular weight is 293 g/mol. The second kappa shape index (κ2) is 8.91. The van der Waals surface area contributed by atoms with Crippen molar-refractivity contribution < 1.29 is 10.0 Å². The molecule has 1 aromatic rings. The van der Waals surface area contributed by atoms with Crippen LogP contribution in [0.2, 0.25) is 0 Å². The maximum absolute atomic E-state index is 11.6. The van der Waals surface area contributed by atoms with Gasteiger partial charge in [-0.3, -0.25) is 9.78 Å². The van der Waals surface area contributed by atoms with E-state index in [1.807, 2.05) is 19.9 Å². The number of rotatable bonds is 8. The van der Waals surface area contributed by atoms with Crippen LogP contribution < -0.4 is 16.4 Å². The number of carbonyl (C=O) groups is 1. The zero-order valence-electron chi connectivity index (χ0n) is 12.5. The van der Waals surface area contributed by atoms with Gasteiger partial charge in [0, 0.05) is 31.7 Å². The Hall–Kier alpha value is -2.15. The molecule has 0 saturated carbocycles. The van der Waals surface area contributed by atoms with Gasteiger partial charge in [-0.25, -0.2) is 0 Å². The van der Waals surface area contributed by atoms with Crippen LogP contribution >= 0.6 is 0 Å². The van der Waals surface area contributed by atoms with Gasteiger partial charge in [0.05, 0.1) is 0 Å². The molecule has 0 fully saturated rings. The Balaban J connectivity index is 2.35. The van der Waals surface area contributed by atoms with Gasteiger partial charge in [-0.2, -0.15) is 0 Å². The van der Waals surface area contributed by atoms with Gasteiger partial charge in [0.15, 0.2) is 5.84 Å². The molecule has 21 heavy (non-hydrogen) atoms. The normalized spacial score (nSPS) is 13.0. The van der Waals surface area contributed by atoms with Crippen molar-refractivity contribution in [3.8, 4) is 0 Å². The van der Waals surface area contributed by atoms with E-state index in [1.165, 1.54) is 0 Å². The maximum atomic E-state index is 11.6. The Morgan fingerprint density at radius 2 is 2.33 bits per heavy atom. The van der Waals surface area contributed by atoms with E-state index in [-0.39, 0.29) is 17.8 Å². The molecule has 1 unspecified atom stereocenters. The summed E-state index contributed by atoms with van der Waals surface area (Å²) in [5.74, 6) is 0.0220. The van der Waals surface area contributed by atoms with Crippen LogP contribution in [0.3, 0.4) is 0 Å². The van der Waals surface area contributed by atoms with Crippen LogP contribution in [-0.2, 0) is 11.3 Å². The first-order chi connectivity index (χ1) is 10.1. The van der Waals surface area contributed by atoms with Crippen molar-refractivity contribution in [3.63, 3.8) is 0 Å². The van der Waals surface area contributed by atoms with Crippen molar-refractivity contribution in [1.82, 2.24) is 15.6 Å². The summed E-state index contributed by atoms with van der Waals surface area (Å²) in [5.41, 5.74) is 6.86. The minimum absolute atomic E-state index is 0.0234. The molecule has 1 atom stereocenters. The lowest BCUT2D eigenvalue weighted by Crippen LogP contribution is -2.33. The summed E-state index contributed by atoms with van der Waals surface area (Å²) in [6.07, 6.45) is 2.95. The monoisotopic (exact) mass is 293 g/mol. The van der Waals surface area contributed by atoms with Crippen LogP contribution in [0.25, 0.3) is 0 Å². The molecule has 0 aliphatic heterocycles. The lowest BCUT2D eigenvalue weighted by atomic mass is 10.2. The fraction of sp³-hybridized carbons (Fsp3) is 0.500. The number of pyridine rings is 1. The number of oxime groups is 1. The molecule has 0 radical (unpaired) electrons. The number of nitrogens with one attached hydrogen (secondary N) is 2. The van der Waals surface area contributed by atoms with E-state index in [4.69, 9.17) is 10.9 Å². The molecule has 0 spiro atoms. The standard InChI is InChI=1S/C14H23N5O2/c1-3-10(2)18-13(20)5-6-16-9-11-4-7-17-12(8-11)14(15)19-21/h4,7-8,10,16,21H,3,5-6,9H2,1-2H3,(H2,15,19)(H,18,20). The van der Waals surface area contributed by atoms with Crippen LogP contribution in [0.4, 0.5) is 0 Å². The lowest BCUT2D eigenvalue weighted by molar-refractivity contribution is -0.121. The van der Waals surface area contributed by atoms with Gasteiger partial charge >= 0.3 is 0 Å². The van der Waals surface area contributed by atoms with Gasteiger partial charge in [-0.1, -0.05) is 12.1 Å². The van der Waals surface area contributed by atoms with E-state index in [1.54, 1.807) is 12.3 Å². The van der Waals surface area contributed by atoms with Crippen molar-refractivity contribution >= 4 is 11.7 Å². The Bertz CT molecular complexity index is 490. The molecule has 7 nitrogen and oxygen atoms in total. The van der Waals surface area contributed by atoms with E-state index in [0.717, 1.165) is 12.0 Å². The molecular formula is C14H23N5O2. The molecule has 0 saturated heterocycles. The number of carbonyl (C=O) groups excluding carboxylic acids is 1. The summed E-state index contributed by atoms with van der Waals surface area (Å²) in [5, 5.41) is 17.6. The maximum Gasteiger partial charge on any atom is 0.221 e. The average Bonchev–Trinajstić information content (AvgIpc) is 2.50. The first kappa shape index (κ1) is 16.9. The summed E-state index contributed by atoms with van der Waals surface area (Å²) in [4.78, 5) is 15.6. The Kier molecular flexibility index (Phi) is 7.17. The number of hydrogen-bond acceptors (Lipinski definition) is 5. The molecule has 0 bridgehead atoms. The predicted octanol–water partition coefficient (Wildman–Crippen LogP) is 0.571. The molecule has 116 valence electrons. The van der Waals surface area contributed by atoms with Crippen molar-refractivity contribution in [2.45, 2.75) is 39.3 Å². The third-order valence-corrected chi connectivity index (χ3v) is 3.07. The molecular weight excluding hydrogens is 270 g/mol. The first-order valence-electron chi connectivity index (χ1n) is 6.99. The number of amides is 1. The van der Waals surface area contributed by atoms with E-state index >= 15 is 0 Å². The van der Waals surface area contributed by atoms with Crippen LogP contribution in [0.5, 0.6) is 0 Å². The van der Waals surface area contributed by atoms with Gasteiger partial charge in [-0.15, -0.1) is 0 Å². The van der Waals surface area contributed by atoms with E-state index < -0.39 is 0 Å². The smallest absolute Gasteiger partial charge is 0.221 e. The van der Waals surface area contributed by atoms with Gasteiger partial charge < -0.3 is 21.6 Å². The largest absolute Gasteiger partial charge is 0.409 e. The molecule has 1 amide bonds. The highest BCUT2D eigenvalue weighted by Gasteiger charge is 2.05. The third kappa shape index (κ3) is 6.22. The fourth-order valence-corrected chi connectivity index (χ4v) is 1.66. The van der Waals surface area contributed by atoms with E-state index in [2.05, 4.69) is 20.8 Å². The zero-order valence-corrected chi connectivity index (χ0v) is 12.5. The topological polar surface area (TPSA) is 113 Å². The van der Waals surface area contributed by atoms with Crippen molar-refractivity contribution in [1.29, 1.82) is 0 Å². The first-order valence-corrected chi connectivity index (χ1v) is 6.99. The molecule has 7 heteroatoms. The van der Waals surface area contributed by atoms with Gasteiger partial charge in [-0.05, 0) is 31.0 Å². The molecule has 0 aromatic carbocycles. The van der Waals surface area contributed by atoms with E-state index in [0.29, 0.717) is 25.2 Å².